The van der Waals surface area contributed by atoms with Crippen LogP contribution in [0.3, 0.4) is 0 Å². The molecule has 1 aromatic heterocycles. The number of amides is 1. The summed E-state index contributed by atoms with van der Waals surface area (Å²) in [4.78, 5) is 16.2. The summed E-state index contributed by atoms with van der Waals surface area (Å²) >= 11 is 6.86. The first-order chi connectivity index (χ1) is 10.7. The zero-order chi connectivity index (χ0) is 17.2. The molecule has 1 fully saturated rings. The van der Waals surface area contributed by atoms with Gasteiger partial charge >= 0.3 is 6.09 Å². The average molecular weight is 359 g/mol. The first-order valence-electron chi connectivity index (χ1n) is 7.88. The summed E-state index contributed by atoms with van der Waals surface area (Å²) in [6.45, 7) is 10.2. The van der Waals surface area contributed by atoms with Crippen molar-refractivity contribution in [2.24, 2.45) is 0 Å². The van der Waals surface area contributed by atoms with Crippen LogP contribution in [0.15, 0.2) is 0 Å². The second-order valence-electron chi connectivity index (χ2n) is 6.97. The molecule has 1 aromatic rings. The highest BCUT2D eigenvalue weighted by Gasteiger charge is 2.28. The molecule has 0 radical (unpaired) electrons. The number of hydrogen-bond acceptors (Lipinski definition) is 6. The van der Waals surface area contributed by atoms with Gasteiger partial charge in [0.25, 0.3) is 0 Å². The summed E-state index contributed by atoms with van der Waals surface area (Å²) in [7, 11) is 1.83. The van der Waals surface area contributed by atoms with Crippen molar-refractivity contribution in [1.82, 2.24) is 19.6 Å². The Bertz CT molecular complexity index is 597. The molecule has 6 nitrogen and oxygen atoms in total. The minimum Gasteiger partial charge on any atom is -0.444 e. The molecule has 1 amide bonds. The van der Waals surface area contributed by atoms with E-state index < -0.39 is 5.60 Å². The molecule has 0 atom stereocenters. The number of hydrogen-bond donors (Lipinski definition) is 0. The molecule has 8 heteroatoms. The maximum atomic E-state index is 12.1. The number of piperidine rings is 1. The van der Waals surface area contributed by atoms with E-state index in [1.54, 1.807) is 16.2 Å². The van der Waals surface area contributed by atoms with Crippen LogP contribution in [-0.4, -0.2) is 57.5 Å². The maximum Gasteiger partial charge on any atom is 0.410 e. The number of nitrogens with zero attached hydrogens (tertiary/aromatic N) is 4. The van der Waals surface area contributed by atoms with E-state index in [2.05, 4.69) is 10.00 Å². The van der Waals surface area contributed by atoms with Gasteiger partial charge in [-0.15, -0.1) is 0 Å². The van der Waals surface area contributed by atoms with Gasteiger partial charge in [0.15, 0.2) is 3.95 Å². The van der Waals surface area contributed by atoms with Gasteiger partial charge in [-0.1, -0.05) is 11.3 Å². The van der Waals surface area contributed by atoms with Crippen LogP contribution in [0.2, 0.25) is 0 Å². The van der Waals surface area contributed by atoms with Crippen molar-refractivity contribution < 1.29 is 9.53 Å². The molecule has 1 aliphatic rings. The number of ether oxygens (including phenoxy) is 1. The highest BCUT2D eigenvalue weighted by atomic mass is 32.1. The van der Waals surface area contributed by atoms with Crippen LogP contribution >= 0.6 is 23.6 Å². The largest absolute Gasteiger partial charge is 0.444 e. The Balaban J connectivity index is 1.85. The van der Waals surface area contributed by atoms with E-state index in [1.807, 2.05) is 39.4 Å². The van der Waals surface area contributed by atoms with Crippen LogP contribution in [0.4, 0.5) is 4.79 Å². The first kappa shape index (κ1) is 18.4. The topological polar surface area (TPSA) is 50.6 Å². The zero-order valence-electron chi connectivity index (χ0n) is 14.5. The molecule has 1 saturated heterocycles. The van der Waals surface area contributed by atoms with E-state index >= 15 is 0 Å². The highest BCUT2D eigenvalue weighted by Crippen LogP contribution is 2.19. The second-order valence-corrected chi connectivity index (χ2v) is 8.80. The van der Waals surface area contributed by atoms with Crippen molar-refractivity contribution in [3.05, 3.63) is 8.96 Å². The standard InChI is InChI=1S/C15H26N4O2S2/c1-11-16-19(14(22)23-11)10-18-8-6-12(7-9-18)17(5)13(20)21-15(2,3)4/h12H,6-10H2,1-5H3. The van der Waals surface area contributed by atoms with Crippen LogP contribution in [0.5, 0.6) is 0 Å². The fraction of sp³-hybridized carbons (Fsp3) is 0.800. The minimum absolute atomic E-state index is 0.228. The van der Waals surface area contributed by atoms with E-state index in [0.29, 0.717) is 0 Å². The molecule has 0 saturated carbocycles. The van der Waals surface area contributed by atoms with E-state index in [0.717, 1.165) is 41.6 Å². The molecular formula is C15H26N4O2S2. The second kappa shape index (κ2) is 7.27. The summed E-state index contributed by atoms with van der Waals surface area (Å²) in [6.07, 6.45) is 1.63. The smallest absolute Gasteiger partial charge is 0.410 e. The number of rotatable bonds is 3. The normalized spacial score (nSPS) is 17.3. The molecular weight excluding hydrogens is 332 g/mol. The van der Waals surface area contributed by atoms with Gasteiger partial charge in [-0.3, -0.25) is 4.90 Å². The van der Waals surface area contributed by atoms with Crippen LogP contribution in [-0.2, 0) is 11.4 Å². The molecule has 2 rings (SSSR count). The third-order valence-corrected chi connectivity index (χ3v) is 5.05. The quantitative estimate of drug-likeness (QED) is 0.776. The van der Waals surface area contributed by atoms with Gasteiger partial charge in [0.05, 0.1) is 6.67 Å². The Kier molecular flexibility index (Phi) is 5.80. The summed E-state index contributed by atoms with van der Waals surface area (Å²) in [5.41, 5.74) is -0.453. The fourth-order valence-electron chi connectivity index (χ4n) is 2.62. The van der Waals surface area contributed by atoms with E-state index in [4.69, 9.17) is 17.0 Å². The Morgan fingerprint density at radius 2 is 2.04 bits per heavy atom. The predicted molar refractivity (Wildman–Crippen MR) is 94.3 cm³/mol. The number of aryl methyl sites for hydroxylation is 1. The highest BCUT2D eigenvalue weighted by molar-refractivity contribution is 7.73. The maximum absolute atomic E-state index is 12.1. The monoisotopic (exact) mass is 358 g/mol. The molecule has 0 bridgehead atoms. The van der Waals surface area contributed by atoms with E-state index in [-0.39, 0.29) is 12.1 Å². The van der Waals surface area contributed by atoms with Gasteiger partial charge in [0.1, 0.15) is 10.6 Å². The number of carbonyl (C=O) groups excluding carboxylic acids is 1. The minimum atomic E-state index is -0.453. The number of likely N-dealkylation sites (tertiary alicyclic amines) is 1. The summed E-state index contributed by atoms with van der Waals surface area (Å²) < 4.78 is 8.14. The van der Waals surface area contributed by atoms with Gasteiger partial charge < -0.3 is 9.64 Å². The van der Waals surface area contributed by atoms with E-state index in [1.165, 1.54) is 0 Å². The van der Waals surface area contributed by atoms with Crippen LogP contribution in [0, 0.1) is 10.9 Å². The molecule has 130 valence electrons. The Morgan fingerprint density at radius 1 is 1.43 bits per heavy atom. The van der Waals surface area contributed by atoms with Crippen molar-refractivity contribution in [3.8, 4) is 0 Å². The summed E-state index contributed by atoms with van der Waals surface area (Å²) in [6, 6.07) is 0.228. The van der Waals surface area contributed by atoms with Crippen molar-refractivity contribution in [2.75, 3.05) is 20.1 Å². The van der Waals surface area contributed by atoms with Gasteiger partial charge in [0, 0.05) is 26.2 Å². The lowest BCUT2D eigenvalue weighted by Gasteiger charge is -2.37. The van der Waals surface area contributed by atoms with Gasteiger partial charge in [-0.2, -0.15) is 5.10 Å². The van der Waals surface area contributed by atoms with Gasteiger partial charge in [-0.05, 0) is 52.8 Å². The molecule has 0 N–H and O–H groups in total. The SMILES string of the molecule is Cc1nn(CN2CCC(N(C)C(=O)OC(C)(C)C)CC2)c(=S)s1. The van der Waals surface area contributed by atoms with Crippen molar-refractivity contribution >= 4 is 29.6 Å². The van der Waals surface area contributed by atoms with Crippen LogP contribution < -0.4 is 0 Å². The van der Waals surface area contributed by atoms with Crippen molar-refractivity contribution in [3.63, 3.8) is 0 Å². The number of carbonyl (C=O) groups is 1. The third kappa shape index (κ3) is 5.26. The Hall–Kier alpha value is -0.990. The molecule has 0 unspecified atom stereocenters. The Labute approximate surface area is 147 Å². The molecule has 23 heavy (non-hydrogen) atoms. The van der Waals surface area contributed by atoms with Crippen LogP contribution in [0.25, 0.3) is 0 Å². The molecule has 0 spiro atoms. The summed E-state index contributed by atoms with van der Waals surface area (Å²) in [5, 5.41) is 5.43. The van der Waals surface area contributed by atoms with E-state index in [9.17, 15) is 4.79 Å². The zero-order valence-corrected chi connectivity index (χ0v) is 16.2. The predicted octanol–water partition coefficient (Wildman–Crippen LogP) is 3.27. The fourth-order valence-corrected chi connectivity index (χ4v) is 3.68. The molecule has 1 aliphatic heterocycles. The molecule has 2 heterocycles. The third-order valence-electron chi connectivity index (χ3n) is 3.83. The molecule has 0 aromatic carbocycles. The van der Waals surface area contributed by atoms with Crippen molar-refractivity contribution in [2.45, 2.75) is 58.8 Å². The summed E-state index contributed by atoms with van der Waals surface area (Å²) in [5.74, 6) is 0. The molecule has 0 aliphatic carbocycles. The lowest BCUT2D eigenvalue weighted by atomic mass is 10.0. The number of aromatic nitrogens is 2. The van der Waals surface area contributed by atoms with Crippen molar-refractivity contribution in [1.29, 1.82) is 0 Å². The van der Waals surface area contributed by atoms with Gasteiger partial charge in [-0.25, -0.2) is 9.48 Å². The lowest BCUT2D eigenvalue weighted by molar-refractivity contribution is 0.0135. The lowest BCUT2D eigenvalue weighted by Crippen LogP contribution is -2.47. The first-order valence-corrected chi connectivity index (χ1v) is 9.11. The Morgan fingerprint density at radius 3 is 2.52 bits per heavy atom. The average Bonchev–Trinajstić information content (AvgIpc) is 2.75. The van der Waals surface area contributed by atoms with Crippen LogP contribution in [0.1, 0.15) is 38.6 Å². The van der Waals surface area contributed by atoms with Gasteiger partial charge in [0.2, 0.25) is 0 Å².